The van der Waals surface area contributed by atoms with Crippen LogP contribution in [0.15, 0.2) is 0 Å². The fourth-order valence-corrected chi connectivity index (χ4v) is 3.66. The van der Waals surface area contributed by atoms with Gasteiger partial charge in [0.2, 0.25) is 0 Å². The van der Waals surface area contributed by atoms with E-state index in [4.69, 9.17) is 0 Å². The maximum atomic E-state index is 2.48. The van der Waals surface area contributed by atoms with Gasteiger partial charge in [-0.2, -0.15) is 0 Å². The SMILES string of the molecule is CCC[CH]CCCCCCCCCCCCCCCCCCC(C)C. The maximum Gasteiger partial charge on any atom is -0.0386 e. The molecule has 0 aliphatic carbocycles. The van der Waals surface area contributed by atoms with Gasteiger partial charge in [-0.3, -0.25) is 0 Å². The molecule has 0 aromatic heterocycles. The molecule has 0 N–H and O–H groups in total. The molecule has 0 amide bonds. The molecule has 0 unspecified atom stereocenters. The Morgan fingerprint density at radius 2 is 0.840 bits per heavy atom. The normalized spacial score (nSPS) is 11.5. The molecule has 0 saturated heterocycles. The van der Waals surface area contributed by atoms with Gasteiger partial charge in [0.15, 0.2) is 0 Å². The van der Waals surface area contributed by atoms with Crippen LogP contribution in [0.2, 0.25) is 0 Å². The van der Waals surface area contributed by atoms with Gasteiger partial charge >= 0.3 is 0 Å². The lowest BCUT2D eigenvalue weighted by atomic mass is 10.0. The summed E-state index contributed by atoms with van der Waals surface area (Å²) in [6, 6.07) is 0. The molecule has 0 aliphatic rings. The van der Waals surface area contributed by atoms with Crippen LogP contribution in [0.3, 0.4) is 0 Å². The van der Waals surface area contributed by atoms with Crippen LogP contribution in [0.25, 0.3) is 0 Å². The number of unbranched alkanes of at least 4 members (excludes halogenated alkanes) is 19. The van der Waals surface area contributed by atoms with Crippen molar-refractivity contribution in [2.45, 2.75) is 149 Å². The van der Waals surface area contributed by atoms with E-state index in [2.05, 4.69) is 27.2 Å². The van der Waals surface area contributed by atoms with E-state index in [0.29, 0.717) is 0 Å². The Balaban J connectivity index is 2.96. The van der Waals surface area contributed by atoms with Gasteiger partial charge in [0.1, 0.15) is 0 Å². The van der Waals surface area contributed by atoms with Crippen LogP contribution in [0.4, 0.5) is 0 Å². The van der Waals surface area contributed by atoms with Crippen molar-refractivity contribution in [3.63, 3.8) is 0 Å². The largest absolute Gasteiger partial charge is 0.0654 e. The summed E-state index contributed by atoms with van der Waals surface area (Å²) in [7, 11) is 0. The number of hydrogen-bond acceptors (Lipinski definition) is 0. The van der Waals surface area contributed by atoms with E-state index in [0.717, 1.165) is 5.92 Å². The highest BCUT2D eigenvalue weighted by Crippen LogP contribution is 2.15. The summed E-state index contributed by atoms with van der Waals surface area (Å²) >= 11 is 0. The molecule has 0 aliphatic heterocycles. The first kappa shape index (κ1) is 25.0. The molecular formula is C25H51. The van der Waals surface area contributed by atoms with Gasteiger partial charge in [0, 0.05) is 0 Å². The average molecular weight is 352 g/mol. The lowest BCUT2D eigenvalue weighted by Gasteiger charge is -2.05. The van der Waals surface area contributed by atoms with Crippen molar-refractivity contribution in [2.75, 3.05) is 0 Å². The molecule has 0 fully saturated rings. The molecule has 0 rings (SSSR count). The van der Waals surface area contributed by atoms with E-state index < -0.39 is 0 Å². The molecule has 0 bridgehead atoms. The molecule has 0 spiro atoms. The summed E-state index contributed by atoms with van der Waals surface area (Å²) in [5.41, 5.74) is 0. The lowest BCUT2D eigenvalue weighted by Crippen LogP contribution is -1.87. The average Bonchev–Trinajstić information content (AvgIpc) is 2.60. The van der Waals surface area contributed by atoms with Crippen molar-refractivity contribution in [2.24, 2.45) is 5.92 Å². The molecule has 25 heavy (non-hydrogen) atoms. The topological polar surface area (TPSA) is 0 Å². The predicted octanol–water partition coefficient (Wildman–Crippen LogP) is 9.67. The molecule has 0 aromatic carbocycles. The Kier molecular flexibility index (Phi) is 22.0. The molecule has 151 valence electrons. The monoisotopic (exact) mass is 351 g/mol. The second kappa shape index (κ2) is 22.0. The van der Waals surface area contributed by atoms with Crippen LogP contribution in [-0.2, 0) is 0 Å². The van der Waals surface area contributed by atoms with Crippen molar-refractivity contribution in [1.29, 1.82) is 0 Å². The highest BCUT2D eigenvalue weighted by molar-refractivity contribution is 4.63. The minimum atomic E-state index is 0.897. The van der Waals surface area contributed by atoms with Crippen LogP contribution in [0.5, 0.6) is 0 Å². The first-order valence-corrected chi connectivity index (χ1v) is 12.1. The quantitative estimate of drug-likeness (QED) is 0.180. The second-order valence-corrected chi connectivity index (χ2v) is 8.71. The van der Waals surface area contributed by atoms with E-state index >= 15 is 0 Å². The van der Waals surface area contributed by atoms with E-state index in [1.807, 2.05) is 0 Å². The second-order valence-electron chi connectivity index (χ2n) is 8.71. The summed E-state index contributed by atoms with van der Waals surface area (Å²) in [6.07, 6.45) is 31.5. The first-order valence-electron chi connectivity index (χ1n) is 12.1. The molecule has 0 nitrogen and oxygen atoms in total. The van der Waals surface area contributed by atoms with Crippen LogP contribution >= 0.6 is 0 Å². The molecule has 0 atom stereocenters. The Bertz CT molecular complexity index is 218. The van der Waals surface area contributed by atoms with Gasteiger partial charge in [0.25, 0.3) is 0 Å². The summed E-state index contributed by atoms with van der Waals surface area (Å²) in [4.78, 5) is 0. The van der Waals surface area contributed by atoms with Crippen molar-refractivity contribution >= 4 is 0 Å². The molecule has 0 heteroatoms. The van der Waals surface area contributed by atoms with Gasteiger partial charge in [-0.25, -0.2) is 0 Å². The van der Waals surface area contributed by atoms with E-state index in [9.17, 15) is 0 Å². The van der Waals surface area contributed by atoms with Crippen LogP contribution in [-0.4, -0.2) is 0 Å². The van der Waals surface area contributed by atoms with Gasteiger partial charge in [-0.05, 0) is 12.3 Å². The van der Waals surface area contributed by atoms with Crippen molar-refractivity contribution in [3.8, 4) is 0 Å². The Hall–Kier alpha value is 0. The zero-order chi connectivity index (χ0) is 18.4. The zero-order valence-corrected chi connectivity index (χ0v) is 18.3. The maximum absolute atomic E-state index is 2.48. The minimum Gasteiger partial charge on any atom is -0.0654 e. The van der Waals surface area contributed by atoms with Gasteiger partial charge < -0.3 is 0 Å². The molecular weight excluding hydrogens is 300 g/mol. The summed E-state index contributed by atoms with van der Waals surface area (Å²) in [6.45, 7) is 6.95. The molecule has 1 radical (unpaired) electrons. The predicted molar refractivity (Wildman–Crippen MR) is 117 cm³/mol. The van der Waals surface area contributed by atoms with Gasteiger partial charge in [-0.15, -0.1) is 0 Å². The Labute approximate surface area is 161 Å². The van der Waals surface area contributed by atoms with Crippen molar-refractivity contribution in [1.82, 2.24) is 0 Å². The summed E-state index contributed by atoms with van der Waals surface area (Å²) < 4.78 is 0. The van der Waals surface area contributed by atoms with Crippen LogP contribution < -0.4 is 0 Å². The third-order valence-corrected chi connectivity index (χ3v) is 5.43. The fourth-order valence-electron chi connectivity index (χ4n) is 3.66. The van der Waals surface area contributed by atoms with Crippen LogP contribution in [0, 0.1) is 12.3 Å². The molecule has 0 heterocycles. The lowest BCUT2D eigenvalue weighted by molar-refractivity contribution is 0.501. The Morgan fingerprint density at radius 1 is 0.480 bits per heavy atom. The summed E-state index contributed by atoms with van der Waals surface area (Å²) in [5.74, 6) is 0.897. The number of hydrogen-bond donors (Lipinski definition) is 0. The first-order chi connectivity index (χ1) is 12.3. The smallest absolute Gasteiger partial charge is 0.0386 e. The van der Waals surface area contributed by atoms with E-state index in [1.165, 1.54) is 128 Å². The number of rotatable bonds is 21. The zero-order valence-electron chi connectivity index (χ0n) is 18.3. The van der Waals surface area contributed by atoms with E-state index in [-0.39, 0.29) is 0 Å². The van der Waals surface area contributed by atoms with Crippen LogP contribution in [0.1, 0.15) is 149 Å². The van der Waals surface area contributed by atoms with Crippen molar-refractivity contribution in [3.05, 3.63) is 6.42 Å². The third-order valence-electron chi connectivity index (χ3n) is 5.43. The van der Waals surface area contributed by atoms with Crippen molar-refractivity contribution < 1.29 is 0 Å². The van der Waals surface area contributed by atoms with Gasteiger partial charge in [-0.1, -0.05) is 149 Å². The molecule has 0 saturated carbocycles. The highest BCUT2D eigenvalue weighted by atomic mass is 14.0. The van der Waals surface area contributed by atoms with E-state index in [1.54, 1.807) is 0 Å². The Morgan fingerprint density at radius 3 is 1.20 bits per heavy atom. The minimum absolute atomic E-state index is 0.897. The molecule has 0 aromatic rings. The standard InChI is InChI=1S/C25H51/c1-4-5-6-7-8-9-10-11-12-13-14-15-16-17-18-19-20-21-22-23-24-25(2)3/h6,25H,4-5,7-24H2,1-3H3. The highest BCUT2D eigenvalue weighted by Gasteiger charge is 1.96. The third kappa shape index (κ3) is 24.0. The fraction of sp³-hybridized carbons (Fsp3) is 0.960. The summed E-state index contributed by atoms with van der Waals surface area (Å²) in [5, 5.41) is 0. The van der Waals surface area contributed by atoms with Gasteiger partial charge in [0.05, 0.1) is 0 Å².